The molecule has 28 heavy (non-hydrogen) atoms. The van der Waals surface area contributed by atoms with Gasteiger partial charge in [0.2, 0.25) is 5.91 Å². The summed E-state index contributed by atoms with van der Waals surface area (Å²) in [6.45, 7) is 5.28. The van der Waals surface area contributed by atoms with E-state index in [0.29, 0.717) is 25.4 Å². The topological polar surface area (TPSA) is 174 Å². The standard InChI is InChI=1S/C17H29ClN8O2/c1-10(2)9-23-11(27)7-5-3-4-6-8-22-17(21)26-16(28)12-14(19)25-15(20)13(18)24-12/h10H,3-9H2,1-2H3,(H,23,27)(H4,19,20,25)(H3,21,22,26,28). The molecule has 0 aromatic carbocycles. The van der Waals surface area contributed by atoms with Crippen LogP contribution in [0.5, 0.6) is 0 Å². The molecule has 0 bridgehead atoms. The first-order chi connectivity index (χ1) is 13.2. The number of aromatic nitrogens is 2. The highest BCUT2D eigenvalue weighted by Gasteiger charge is 2.16. The lowest BCUT2D eigenvalue weighted by atomic mass is 10.1. The van der Waals surface area contributed by atoms with E-state index in [9.17, 15) is 9.59 Å². The van der Waals surface area contributed by atoms with Gasteiger partial charge in [-0.25, -0.2) is 9.97 Å². The molecule has 0 atom stereocenters. The average molecular weight is 413 g/mol. The number of rotatable bonds is 10. The fraction of sp³-hybridized carbons (Fsp3) is 0.588. The predicted octanol–water partition coefficient (Wildman–Crippen LogP) is 1.06. The predicted molar refractivity (Wildman–Crippen MR) is 111 cm³/mol. The molecule has 0 radical (unpaired) electrons. The first-order valence-electron chi connectivity index (χ1n) is 9.17. The molecule has 0 aliphatic rings. The number of nitrogen functional groups attached to an aromatic ring is 2. The normalized spacial score (nSPS) is 11.5. The first kappa shape index (κ1) is 23.4. The van der Waals surface area contributed by atoms with Crippen LogP contribution in [0.1, 0.15) is 56.4 Å². The summed E-state index contributed by atoms with van der Waals surface area (Å²) >= 11 is 5.74. The summed E-state index contributed by atoms with van der Waals surface area (Å²) in [6.07, 6.45) is 3.98. The van der Waals surface area contributed by atoms with Gasteiger partial charge in [0.15, 0.2) is 28.4 Å². The van der Waals surface area contributed by atoms with Crippen LogP contribution < -0.4 is 27.8 Å². The molecule has 8 N–H and O–H groups in total. The van der Waals surface area contributed by atoms with E-state index in [1.54, 1.807) is 0 Å². The molecular weight excluding hydrogens is 384 g/mol. The highest BCUT2D eigenvalue weighted by atomic mass is 35.5. The summed E-state index contributed by atoms with van der Waals surface area (Å²) in [5.74, 6) is -0.385. The van der Waals surface area contributed by atoms with Gasteiger partial charge in [-0.15, -0.1) is 0 Å². The van der Waals surface area contributed by atoms with Crippen LogP contribution in [0, 0.1) is 5.92 Å². The van der Waals surface area contributed by atoms with E-state index in [1.165, 1.54) is 0 Å². The van der Waals surface area contributed by atoms with Crippen LogP contribution in [0.4, 0.5) is 11.6 Å². The lowest BCUT2D eigenvalue weighted by Gasteiger charge is -2.07. The number of carbonyl (C=O) groups excluding carboxylic acids is 2. The second kappa shape index (κ2) is 12.0. The molecule has 0 aliphatic carbocycles. The van der Waals surface area contributed by atoms with Gasteiger partial charge in [-0.05, 0) is 18.8 Å². The lowest BCUT2D eigenvalue weighted by Crippen LogP contribution is -2.38. The zero-order valence-electron chi connectivity index (χ0n) is 16.3. The zero-order chi connectivity index (χ0) is 21.1. The number of halogens is 1. The van der Waals surface area contributed by atoms with Crippen LogP contribution in [0.25, 0.3) is 0 Å². The molecule has 10 nitrogen and oxygen atoms in total. The van der Waals surface area contributed by atoms with E-state index in [2.05, 4.69) is 39.4 Å². The van der Waals surface area contributed by atoms with Gasteiger partial charge in [-0.1, -0.05) is 38.3 Å². The fourth-order valence-corrected chi connectivity index (χ4v) is 2.31. The third-order valence-corrected chi connectivity index (χ3v) is 3.94. The molecule has 11 heteroatoms. The number of amides is 2. The van der Waals surface area contributed by atoms with E-state index in [1.807, 2.05) is 0 Å². The van der Waals surface area contributed by atoms with Gasteiger partial charge in [-0.3, -0.25) is 19.9 Å². The quantitative estimate of drug-likeness (QED) is 0.217. The molecule has 1 aromatic rings. The Labute approximate surface area is 169 Å². The first-order valence-corrected chi connectivity index (χ1v) is 9.55. The Morgan fingerprint density at radius 1 is 1.11 bits per heavy atom. The van der Waals surface area contributed by atoms with Gasteiger partial charge in [0.25, 0.3) is 5.91 Å². The van der Waals surface area contributed by atoms with E-state index < -0.39 is 5.91 Å². The second-order valence-electron chi connectivity index (χ2n) is 6.72. The van der Waals surface area contributed by atoms with E-state index >= 15 is 0 Å². The summed E-state index contributed by atoms with van der Waals surface area (Å²) in [5, 5.41) is 5.15. The highest BCUT2D eigenvalue weighted by Crippen LogP contribution is 2.17. The molecule has 0 spiro atoms. The minimum atomic E-state index is -0.666. The van der Waals surface area contributed by atoms with Crippen LogP contribution in [-0.4, -0.2) is 40.8 Å². The minimum absolute atomic E-state index is 0.0489. The maximum Gasteiger partial charge on any atom is 0.280 e. The Kier molecular flexibility index (Phi) is 10.0. The van der Waals surface area contributed by atoms with Crippen molar-refractivity contribution in [1.29, 1.82) is 0 Å². The van der Waals surface area contributed by atoms with Crippen LogP contribution in [-0.2, 0) is 4.79 Å². The van der Waals surface area contributed by atoms with Gasteiger partial charge < -0.3 is 22.5 Å². The summed E-state index contributed by atoms with van der Waals surface area (Å²) in [4.78, 5) is 35.3. The number of carbonyl (C=O) groups is 2. The molecule has 2 amide bonds. The largest absolute Gasteiger partial charge is 0.382 e. The summed E-state index contributed by atoms with van der Waals surface area (Å²) in [5.41, 5.74) is 16.6. The van der Waals surface area contributed by atoms with Crippen LogP contribution >= 0.6 is 11.6 Å². The van der Waals surface area contributed by atoms with Gasteiger partial charge >= 0.3 is 0 Å². The average Bonchev–Trinajstić information content (AvgIpc) is 2.62. The number of nitrogens with zero attached hydrogens (tertiary/aromatic N) is 3. The summed E-state index contributed by atoms with van der Waals surface area (Å²) in [6, 6.07) is 0. The zero-order valence-corrected chi connectivity index (χ0v) is 17.1. The van der Waals surface area contributed by atoms with Gasteiger partial charge in [-0.2, -0.15) is 0 Å². The highest BCUT2D eigenvalue weighted by molar-refractivity contribution is 6.31. The summed E-state index contributed by atoms with van der Waals surface area (Å²) in [7, 11) is 0. The minimum Gasteiger partial charge on any atom is -0.382 e. The number of guanidine groups is 1. The van der Waals surface area contributed by atoms with Crippen molar-refractivity contribution in [2.24, 2.45) is 16.6 Å². The van der Waals surface area contributed by atoms with Crippen molar-refractivity contribution in [3.05, 3.63) is 10.8 Å². The Hall–Kier alpha value is -2.62. The molecule has 156 valence electrons. The van der Waals surface area contributed by atoms with Crippen molar-refractivity contribution >= 4 is 41.0 Å². The fourth-order valence-electron chi connectivity index (χ4n) is 2.18. The van der Waals surface area contributed by atoms with E-state index in [-0.39, 0.29) is 34.3 Å². The van der Waals surface area contributed by atoms with Crippen molar-refractivity contribution in [2.45, 2.75) is 46.0 Å². The Balaban J connectivity index is 2.26. The molecular formula is C17H29ClN8O2. The van der Waals surface area contributed by atoms with Crippen molar-refractivity contribution in [2.75, 3.05) is 24.6 Å². The third kappa shape index (κ3) is 8.85. The van der Waals surface area contributed by atoms with Crippen LogP contribution in [0.2, 0.25) is 5.15 Å². The second-order valence-corrected chi connectivity index (χ2v) is 7.07. The third-order valence-electron chi connectivity index (χ3n) is 3.66. The number of aliphatic imine (C=N–C) groups is 1. The Morgan fingerprint density at radius 2 is 1.79 bits per heavy atom. The van der Waals surface area contributed by atoms with Crippen LogP contribution in [0.3, 0.4) is 0 Å². The number of nitrogens with two attached hydrogens (primary N) is 3. The Bertz CT molecular complexity index is 709. The molecule has 0 fully saturated rings. The number of nitrogens with one attached hydrogen (secondary N) is 2. The Morgan fingerprint density at radius 3 is 2.46 bits per heavy atom. The van der Waals surface area contributed by atoms with E-state index in [0.717, 1.165) is 25.7 Å². The van der Waals surface area contributed by atoms with Crippen molar-refractivity contribution < 1.29 is 9.59 Å². The van der Waals surface area contributed by atoms with Crippen LogP contribution in [0.15, 0.2) is 4.99 Å². The van der Waals surface area contributed by atoms with Crippen molar-refractivity contribution in [1.82, 2.24) is 20.6 Å². The maximum absolute atomic E-state index is 12.1. The maximum atomic E-state index is 12.1. The molecule has 0 aliphatic heterocycles. The number of anilines is 2. The number of unbranched alkanes of at least 4 members (excludes halogenated alkanes) is 3. The van der Waals surface area contributed by atoms with Gasteiger partial charge in [0.05, 0.1) is 0 Å². The molecule has 0 saturated carbocycles. The lowest BCUT2D eigenvalue weighted by molar-refractivity contribution is -0.121. The molecule has 1 aromatic heterocycles. The molecule has 0 saturated heterocycles. The van der Waals surface area contributed by atoms with Gasteiger partial charge in [0.1, 0.15) is 0 Å². The smallest absolute Gasteiger partial charge is 0.280 e. The summed E-state index contributed by atoms with van der Waals surface area (Å²) < 4.78 is 0. The monoisotopic (exact) mass is 412 g/mol. The molecule has 1 heterocycles. The number of hydrogen-bond acceptors (Lipinski definition) is 7. The SMILES string of the molecule is CC(C)CNC(=O)CCCCCCN=C(N)NC(=O)c1nc(Cl)c(N)nc1N. The number of hydrogen-bond donors (Lipinski definition) is 5. The van der Waals surface area contributed by atoms with E-state index in [4.69, 9.17) is 28.8 Å². The van der Waals surface area contributed by atoms with Crippen molar-refractivity contribution in [3.8, 4) is 0 Å². The van der Waals surface area contributed by atoms with Gasteiger partial charge in [0, 0.05) is 19.5 Å². The molecule has 1 rings (SSSR count). The van der Waals surface area contributed by atoms with Crippen molar-refractivity contribution in [3.63, 3.8) is 0 Å². The molecule has 0 unspecified atom stereocenters.